The molecule has 0 aliphatic carbocycles. The fraction of sp³-hybridized carbons (Fsp3) is 0.286. The summed E-state index contributed by atoms with van der Waals surface area (Å²) in [4.78, 5) is 0.762. The molecule has 0 saturated carbocycles. The Hall–Kier alpha value is -1.52. The van der Waals surface area contributed by atoms with Crippen LogP contribution in [0.3, 0.4) is 0 Å². The van der Waals surface area contributed by atoms with Gasteiger partial charge in [-0.05, 0) is 12.5 Å². The molecule has 18 heavy (non-hydrogen) atoms. The van der Waals surface area contributed by atoms with Crippen LogP contribution in [-0.2, 0) is 0 Å². The highest BCUT2D eigenvalue weighted by Gasteiger charge is 2.21. The zero-order valence-corrected chi connectivity index (χ0v) is 11.5. The molecule has 1 aromatic carbocycles. The van der Waals surface area contributed by atoms with E-state index in [1.807, 2.05) is 36.6 Å². The molecular weight excluding hydrogens is 248 g/mol. The van der Waals surface area contributed by atoms with Gasteiger partial charge in [0.25, 0.3) is 0 Å². The van der Waals surface area contributed by atoms with Gasteiger partial charge >= 0.3 is 0 Å². The molecule has 0 amide bonds. The van der Waals surface area contributed by atoms with Crippen molar-refractivity contribution < 1.29 is 14.6 Å². The minimum absolute atomic E-state index is 0.607. The fourth-order valence-corrected chi connectivity index (χ4v) is 2.77. The van der Waals surface area contributed by atoms with Crippen molar-refractivity contribution in [3.8, 4) is 11.5 Å². The second-order valence-electron chi connectivity index (χ2n) is 4.01. The van der Waals surface area contributed by atoms with Crippen molar-refractivity contribution in [2.75, 3.05) is 14.2 Å². The van der Waals surface area contributed by atoms with Crippen LogP contribution in [0.25, 0.3) is 0 Å². The molecule has 1 atom stereocenters. The lowest BCUT2D eigenvalue weighted by Crippen LogP contribution is -2.00. The maximum atomic E-state index is 10.4. The smallest absolute Gasteiger partial charge is 0.177 e. The van der Waals surface area contributed by atoms with Crippen LogP contribution in [0.1, 0.15) is 22.1 Å². The van der Waals surface area contributed by atoms with E-state index in [2.05, 4.69) is 0 Å². The maximum absolute atomic E-state index is 10.4. The van der Waals surface area contributed by atoms with Crippen molar-refractivity contribution in [3.05, 3.63) is 45.6 Å². The molecule has 96 valence electrons. The van der Waals surface area contributed by atoms with Crippen LogP contribution in [-0.4, -0.2) is 19.3 Å². The van der Waals surface area contributed by atoms with Gasteiger partial charge in [-0.3, -0.25) is 0 Å². The van der Waals surface area contributed by atoms with E-state index >= 15 is 0 Å². The molecule has 2 aromatic rings. The quantitative estimate of drug-likeness (QED) is 0.922. The molecule has 1 unspecified atom stereocenters. The van der Waals surface area contributed by atoms with E-state index in [0.717, 1.165) is 10.4 Å². The summed E-state index contributed by atoms with van der Waals surface area (Å²) in [6, 6.07) is 7.81. The van der Waals surface area contributed by atoms with Crippen LogP contribution < -0.4 is 9.47 Å². The van der Waals surface area contributed by atoms with E-state index in [1.54, 1.807) is 14.2 Å². The predicted molar refractivity (Wildman–Crippen MR) is 72.7 cm³/mol. The molecule has 0 radical (unpaired) electrons. The number of benzene rings is 1. The largest absolute Gasteiger partial charge is 0.492 e. The highest BCUT2D eigenvalue weighted by molar-refractivity contribution is 7.10. The van der Waals surface area contributed by atoms with Crippen LogP contribution >= 0.6 is 11.3 Å². The molecule has 0 saturated heterocycles. The Kier molecular flexibility index (Phi) is 3.89. The Morgan fingerprint density at radius 2 is 1.78 bits per heavy atom. The fourth-order valence-electron chi connectivity index (χ4n) is 1.78. The third kappa shape index (κ3) is 2.35. The monoisotopic (exact) mass is 264 g/mol. The number of rotatable bonds is 4. The SMILES string of the molecule is COc1csc(C(O)c2ccc(C)cc2)c1OC. The Morgan fingerprint density at radius 3 is 2.33 bits per heavy atom. The lowest BCUT2D eigenvalue weighted by atomic mass is 10.1. The van der Waals surface area contributed by atoms with Crippen molar-refractivity contribution in [2.24, 2.45) is 0 Å². The average molecular weight is 264 g/mol. The van der Waals surface area contributed by atoms with Gasteiger partial charge in [-0.1, -0.05) is 29.8 Å². The summed E-state index contributed by atoms with van der Waals surface area (Å²) in [6.45, 7) is 2.02. The first kappa shape index (κ1) is 12.9. The molecule has 0 bridgehead atoms. The molecule has 0 spiro atoms. The second kappa shape index (κ2) is 5.42. The highest BCUT2D eigenvalue weighted by Crippen LogP contribution is 2.42. The molecular formula is C14H16O3S. The standard InChI is InChI=1S/C14H16O3S/c1-9-4-6-10(7-5-9)12(15)14-13(17-3)11(16-2)8-18-14/h4-8,12,15H,1-3H3. The molecule has 4 heteroatoms. The normalized spacial score (nSPS) is 12.2. The summed E-state index contributed by atoms with van der Waals surface area (Å²) in [5.41, 5.74) is 2.02. The Balaban J connectivity index is 2.36. The first-order chi connectivity index (χ1) is 8.67. The number of aryl methyl sites for hydroxylation is 1. The zero-order chi connectivity index (χ0) is 13.1. The van der Waals surface area contributed by atoms with Crippen molar-refractivity contribution >= 4 is 11.3 Å². The molecule has 0 fully saturated rings. The van der Waals surface area contributed by atoms with Crippen molar-refractivity contribution in [1.29, 1.82) is 0 Å². The summed E-state index contributed by atoms with van der Waals surface area (Å²) < 4.78 is 10.5. The van der Waals surface area contributed by atoms with Crippen LogP contribution in [0.2, 0.25) is 0 Å². The molecule has 0 aliphatic rings. The number of aliphatic hydroxyl groups excluding tert-OH is 1. The van der Waals surface area contributed by atoms with Crippen LogP contribution in [0.15, 0.2) is 29.6 Å². The highest BCUT2D eigenvalue weighted by atomic mass is 32.1. The number of ether oxygens (including phenoxy) is 2. The van der Waals surface area contributed by atoms with Gasteiger partial charge in [-0.25, -0.2) is 0 Å². The van der Waals surface area contributed by atoms with E-state index in [9.17, 15) is 5.11 Å². The average Bonchev–Trinajstić information content (AvgIpc) is 2.81. The third-order valence-electron chi connectivity index (χ3n) is 2.81. The van der Waals surface area contributed by atoms with Gasteiger partial charge in [0.15, 0.2) is 11.5 Å². The summed E-state index contributed by atoms with van der Waals surface area (Å²) in [6.07, 6.45) is -0.686. The van der Waals surface area contributed by atoms with Gasteiger partial charge in [0.2, 0.25) is 0 Å². The van der Waals surface area contributed by atoms with E-state index in [-0.39, 0.29) is 0 Å². The number of hydrogen-bond donors (Lipinski definition) is 1. The van der Waals surface area contributed by atoms with Gasteiger partial charge in [0, 0.05) is 5.38 Å². The first-order valence-corrected chi connectivity index (χ1v) is 6.49. The summed E-state index contributed by atoms with van der Waals surface area (Å²) >= 11 is 1.43. The minimum atomic E-state index is -0.686. The van der Waals surface area contributed by atoms with Gasteiger partial charge in [-0.15, -0.1) is 11.3 Å². The number of methoxy groups -OCH3 is 2. The third-order valence-corrected chi connectivity index (χ3v) is 3.80. The maximum Gasteiger partial charge on any atom is 0.177 e. The van der Waals surface area contributed by atoms with Gasteiger partial charge in [0.1, 0.15) is 6.10 Å². The Morgan fingerprint density at radius 1 is 1.11 bits per heavy atom. The van der Waals surface area contributed by atoms with Gasteiger partial charge < -0.3 is 14.6 Å². The van der Waals surface area contributed by atoms with E-state index in [1.165, 1.54) is 16.9 Å². The lowest BCUT2D eigenvalue weighted by Gasteiger charge is -2.12. The van der Waals surface area contributed by atoms with E-state index in [0.29, 0.717) is 11.5 Å². The van der Waals surface area contributed by atoms with Crippen LogP contribution in [0, 0.1) is 6.92 Å². The minimum Gasteiger partial charge on any atom is -0.492 e. The second-order valence-corrected chi connectivity index (χ2v) is 4.93. The molecule has 2 rings (SSSR count). The summed E-state index contributed by atoms with van der Waals surface area (Å²) in [7, 11) is 3.17. The Bertz CT molecular complexity index is 516. The van der Waals surface area contributed by atoms with Gasteiger partial charge in [-0.2, -0.15) is 0 Å². The molecule has 1 aromatic heterocycles. The Labute approximate surface area is 111 Å². The topological polar surface area (TPSA) is 38.7 Å². The first-order valence-electron chi connectivity index (χ1n) is 5.61. The summed E-state index contributed by atoms with van der Waals surface area (Å²) in [5, 5.41) is 12.2. The van der Waals surface area contributed by atoms with Crippen molar-refractivity contribution in [3.63, 3.8) is 0 Å². The van der Waals surface area contributed by atoms with Crippen molar-refractivity contribution in [2.45, 2.75) is 13.0 Å². The zero-order valence-electron chi connectivity index (χ0n) is 10.6. The molecule has 1 heterocycles. The summed E-state index contributed by atoms with van der Waals surface area (Å²) in [5.74, 6) is 1.26. The predicted octanol–water partition coefficient (Wildman–Crippen LogP) is 3.16. The van der Waals surface area contributed by atoms with Gasteiger partial charge in [0.05, 0.1) is 19.1 Å². The van der Waals surface area contributed by atoms with Crippen LogP contribution in [0.4, 0.5) is 0 Å². The van der Waals surface area contributed by atoms with Crippen molar-refractivity contribution in [1.82, 2.24) is 0 Å². The lowest BCUT2D eigenvalue weighted by molar-refractivity contribution is 0.218. The number of hydrogen-bond acceptors (Lipinski definition) is 4. The number of thiophene rings is 1. The molecule has 0 aliphatic heterocycles. The van der Waals surface area contributed by atoms with Crippen LogP contribution in [0.5, 0.6) is 11.5 Å². The molecule has 1 N–H and O–H groups in total. The van der Waals surface area contributed by atoms with E-state index in [4.69, 9.17) is 9.47 Å². The number of aliphatic hydroxyl groups is 1. The molecule has 3 nitrogen and oxygen atoms in total. The van der Waals surface area contributed by atoms with E-state index < -0.39 is 6.10 Å².